The second kappa shape index (κ2) is 11.8. The highest BCUT2D eigenvalue weighted by Gasteiger charge is 2.21. The number of benzene rings is 2. The van der Waals surface area contributed by atoms with Crippen molar-refractivity contribution >= 4 is 0 Å². The van der Waals surface area contributed by atoms with Gasteiger partial charge in [-0.15, -0.1) is 0 Å². The predicted octanol–water partition coefficient (Wildman–Crippen LogP) is 5.96. The van der Waals surface area contributed by atoms with Gasteiger partial charge in [0.25, 0.3) is 0 Å². The Kier molecular flexibility index (Phi) is 9.36. The summed E-state index contributed by atoms with van der Waals surface area (Å²) < 4.78 is 11.6. The lowest BCUT2D eigenvalue weighted by Gasteiger charge is -2.25. The van der Waals surface area contributed by atoms with Crippen LogP contribution in [0.15, 0.2) is 48.5 Å². The molecule has 2 atom stereocenters. The molecule has 2 unspecified atom stereocenters. The van der Waals surface area contributed by atoms with E-state index in [1.165, 1.54) is 11.1 Å². The summed E-state index contributed by atoms with van der Waals surface area (Å²) in [4.78, 5) is 0. The van der Waals surface area contributed by atoms with Crippen LogP contribution in [-0.4, -0.2) is 19.8 Å². The van der Waals surface area contributed by atoms with Crippen LogP contribution in [0, 0.1) is 5.92 Å². The van der Waals surface area contributed by atoms with Crippen LogP contribution in [0.2, 0.25) is 0 Å². The molecule has 0 amide bonds. The molecule has 0 aliphatic rings. The van der Waals surface area contributed by atoms with E-state index < -0.39 is 0 Å². The maximum atomic E-state index is 6.61. The van der Waals surface area contributed by atoms with E-state index in [-0.39, 0.29) is 6.04 Å². The van der Waals surface area contributed by atoms with Gasteiger partial charge in [0.1, 0.15) is 0 Å². The molecule has 0 aliphatic carbocycles. The molecule has 0 aliphatic heterocycles. The molecule has 2 rings (SSSR count). The van der Waals surface area contributed by atoms with E-state index in [0.29, 0.717) is 18.4 Å². The highest BCUT2D eigenvalue weighted by molar-refractivity contribution is 5.44. The van der Waals surface area contributed by atoms with Crippen LogP contribution in [0.3, 0.4) is 0 Å². The molecule has 0 spiro atoms. The van der Waals surface area contributed by atoms with E-state index in [4.69, 9.17) is 15.2 Å². The minimum atomic E-state index is 0.174. The highest BCUT2D eigenvalue weighted by Crippen LogP contribution is 2.34. The maximum Gasteiger partial charge on any atom is 0.161 e. The van der Waals surface area contributed by atoms with Crippen molar-refractivity contribution in [1.29, 1.82) is 0 Å². The zero-order chi connectivity index (χ0) is 20.4. The fraction of sp³-hybridized carbons (Fsp3) is 0.520. The summed E-state index contributed by atoms with van der Waals surface area (Å²) in [6.45, 7) is 7.37. The van der Waals surface area contributed by atoms with Gasteiger partial charge in [-0.25, -0.2) is 0 Å². The minimum Gasteiger partial charge on any atom is -0.493 e. The summed E-state index contributed by atoms with van der Waals surface area (Å²) in [6, 6.07) is 16.9. The molecule has 154 valence electrons. The Bertz CT molecular complexity index is 684. The Morgan fingerprint density at radius 1 is 0.929 bits per heavy atom. The van der Waals surface area contributed by atoms with Gasteiger partial charge in [-0.2, -0.15) is 0 Å². The zero-order valence-corrected chi connectivity index (χ0v) is 18.0. The molecule has 0 heterocycles. The summed E-state index contributed by atoms with van der Waals surface area (Å²) >= 11 is 0. The Labute approximate surface area is 171 Å². The van der Waals surface area contributed by atoms with E-state index in [0.717, 1.165) is 43.6 Å². The largest absolute Gasteiger partial charge is 0.493 e. The molecule has 0 bridgehead atoms. The summed E-state index contributed by atoms with van der Waals surface area (Å²) in [5, 5.41) is 0. The summed E-state index contributed by atoms with van der Waals surface area (Å²) in [5.74, 6) is 2.63. The van der Waals surface area contributed by atoms with Crippen molar-refractivity contribution in [3.05, 3.63) is 59.7 Å². The van der Waals surface area contributed by atoms with E-state index in [2.05, 4.69) is 57.2 Å². The average molecular weight is 384 g/mol. The zero-order valence-electron chi connectivity index (χ0n) is 18.0. The van der Waals surface area contributed by atoms with Gasteiger partial charge >= 0.3 is 0 Å². The summed E-state index contributed by atoms with van der Waals surface area (Å²) in [7, 11) is 1.69. The second-order valence-corrected chi connectivity index (χ2v) is 8.02. The number of ether oxygens (including phenoxy) is 2. The first-order chi connectivity index (χ1) is 13.5. The number of hydrogen-bond donors (Lipinski definition) is 1. The van der Waals surface area contributed by atoms with Crippen molar-refractivity contribution in [2.75, 3.05) is 13.7 Å². The van der Waals surface area contributed by atoms with Crippen molar-refractivity contribution in [1.82, 2.24) is 0 Å². The van der Waals surface area contributed by atoms with E-state index >= 15 is 0 Å². The minimum absolute atomic E-state index is 0.174. The molecule has 0 saturated carbocycles. The molecular weight excluding hydrogens is 346 g/mol. The van der Waals surface area contributed by atoms with Gasteiger partial charge in [0.05, 0.1) is 13.7 Å². The van der Waals surface area contributed by atoms with Crippen LogP contribution in [0.1, 0.15) is 63.5 Å². The van der Waals surface area contributed by atoms with E-state index in [1.807, 2.05) is 12.1 Å². The molecule has 0 aromatic heterocycles. The van der Waals surface area contributed by atoms with E-state index in [9.17, 15) is 0 Å². The summed E-state index contributed by atoms with van der Waals surface area (Å²) in [5.41, 5.74) is 9.14. The maximum absolute atomic E-state index is 6.61. The lowest BCUT2D eigenvalue weighted by atomic mass is 9.84. The lowest BCUT2D eigenvalue weighted by Crippen LogP contribution is -2.29. The molecule has 2 aromatic carbocycles. The molecule has 28 heavy (non-hydrogen) atoms. The van der Waals surface area contributed by atoms with Gasteiger partial charge in [-0.3, -0.25) is 0 Å². The fourth-order valence-electron chi connectivity index (χ4n) is 3.63. The Morgan fingerprint density at radius 3 is 2.32 bits per heavy atom. The number of methoxy groups -OCH3 is 1. The van der Waals surface area contributed by atoms with Crippen molar-refractivity contribution in [2.45, 2.75) is 64.8 Å². The number of hydrogen-bond acceptors (Lipinski definition) is 3. The van der Waals surface area contributed by atoms with Crippen molar-refractivity contribution in [3.8, 4) is 11.5 Å². The topological polar surface area (TPSA) is 44.5 Å². The van der Waals surface area contributed by atoms with Crippen LogP contribution < -0.4 is 15.2 Å². The SMILES string of the molecule is CCCC(c1ccc(OC)c(OCCc2ccccc2)c1)C(N)CCC(C)C. The molecule has 0 saturated heterocycles. The van der Waals surface area contributed by atoms with Gasteiger partial charge in [0.15, 0.2) is 11.5 Å². The molecule has 3 heteroatoms. The normalized spacial score (nSPS) is 13.4. The smallest absolute Gasteiger partial charge is 0.161 e. The van der Waals surface area contributed by atoms with Crippen LogP contribution in [0.25, 0.3) is 0 Å². The first-order valence-corrected chi connectivity index (χ1v) is 10.6. The molecule has 2 N–H and O–H groups in total. The van der Waals surface area contributed by atoms with Gasteiger partial charge in [-0.05, 0) is 54.4 Å². The highest BCUT2D eigenvalue weighted by atomic mass is 16.5. The van der Waals surface area contributed by atoms with Crippen LogP contribution in [0.4, 0.5) is 0 Å². The van der Waals surface area contributed by atoms with Crippen LogP contribution in [-0.2, 0) is 6.42 Å². The fourth-order valence-corrected chi connectivity index (χ4v) is 3.63. The second-order valence-electron chi connectivity index (χ2n) is 8.02. The van der Waals surface area contributed by atoms with Crippen molar-refractivity contribution in [2.24, 2.45) is 11.7 Å². The number of rotatable bonds is 12. The monoisotopic (exact) mass is 383 g/mol. The Hall–Kier alpha value is -2.00. The lowest BCUT2D eigenvalue weighted by molar-refractivity contribution is 0.296. The predicted molar refractivity (Wildman–Crippen MR) is 118 cm³/mol. The quantitative estimate of drug-likeness (QED) is 0.491. The first kappa shape index (κ1) is 22.3. The van der Waals surface area contributed by atoms with Crippen LogP contribution >= 0.6 is 0 Å². The summed E-state index contributed by atoms with van der Waals surface area (Å²) in [6.07, 6.45) is 5.31. The third-order valence-corrected chi connectivity index (χ3v) is 5.30. The van der Waals surface area contributed by atoms with Crippen molar-refractivity contribution < 1.29 is 9.47 Å². The third-order valence-electron chi connectivity index (χ3n) is 5.30. The Morgan fingerprint density at radius 2 is 1.68 bits per heavy atom. The molecule has 3 nitrogen and oxygen atoms in total. The van der Waals surface area contributed by atoms with Gasteiger partial charge < -0.3 is 15.2 Å². The standard InChI is InChI=1S/C25H37NO2/c1-5-9-22(23(26)14-12-19(2)3)21-13-15-24(27-4)25(18-21)28-17-16-20-10-7-6-8-11-20/h6-8,10-11,13,15,18-19,22-23H,5,9,12,14,16-17,26H2,1-4H3. The first-order valence-electron chi connectivity index (χ1n) is 10.6. The van der Waals surface area contributed by atoms with Gasteiger partial charge in [-0.1, -0.05) is 63.6 Å². The molecule has 2 aromatic rings. The van der Waals surface area contributed by atoms with Crippen molar-refractivity contribution in [3.63, 3.8) is 0 Å². The van der Waals surface area contributed by atoms with Gasteiger partial charge in [0.2, 0.25) is 0 Å². The third kappa shape index (κ3) is 6.87. The molecule has 0 radical (unpaired) electrons. The average Bonchev–Trinajstić information content (AvgIpc) is 2.71. The van der Waals surface area contributed by atoms with Gasteiger partial charge in [0, 0.05) is 12.5 Å². The molecular formula is C25H37NO2. The van der Waals surface area contributed by atoms with Crippen LogP contribution in [0.5, 0.6) is 11.5 Å². The van der Waals surface area contributed by atoms with E-state index in [1.54, 1.807) is 7.11 Å². The Balaban J connectivity index is 2.11. The number of nitrogens with two attached hydrogens (primary N) is 1. The molecule has 0 fully saturated rings.